The highest BCUT2D eigenvalue weighted by atomic mass is 16.2. The molecule has 12 heteroatoms. The molecule has 2 heterocycles. The summed E-state index contributed by atoms with van der Waals surface area (Å²) in [5.41, 5.74) is -2.90. The summed E-state index contributed by atoms with van der Waals surface area (Å²) >= 11 is 0. The first-order valence-electron chi connectivity index (χ1n) is 13.5. The van der Waals surface area contributed by atoms with Crippen molar-refractivity contribution in [3.05, 3.63) is 112 Å². The predicted octanol–water partition coefficient (Wildman–Crippen LogP) is 1.22. The fourth-order valence-electron chi connectivity index (χ4n) is 4.06. The maximum absolute atomic E-state index is 13.0. The van der Waals surface area contributed by atoms with Crippen molar-refractivity contribution in [3.63, 3.8) is 0 Å². The van der Waals surface area contributed by atoms with Gasteiger partial charge in [0.2, 0.25) is 0 Å². The maximum atomic E-state index is 13.0. The van der Waals surface area contributed by atoms with E-state index in [9.17, 15) is 28.8 Å². The summed E-state index contributed by atoms with van der Waals surface area (Å²) in [5, 5.41) is 0. The summed E-state index contributed by atoms with van der Waals surface area (Å²) in [7, 11) is 0. The molecule has 0 aliphatic carbocycles. The average Bonchev–Trinajstić information content (AvgIpc) is 2.91. The molecule has 0 bridgehead atoms. The fourth-order valence-corrected chi connectivity index (χ4v) is 4.06. The van der Waals surface area contributed by atoms with Crippen LogP contribution in [0.1, 0.15) is 53.4 Å². The Balaban J connectivity index is 2.43. The van der Waals surface area contributed by atoms with Crippen molar-refractivity contribution in [3.8, 4) is 0 Å². The topological polar surface area (TPSA) is 132 Å². The Labute approximate surface area is 231 Å². The molecule has 40 heavy (non-hydrogen) atoms. The first-order chi connectivity index (χ1) is 19.0. The van der Waals surface area contributed by atoms with E-state index in [1.807, 2.05) is 13.8 Å². The van der Waals surface area contributed by atoms with Gasteiger partial charge in [-0.25, -0.2) is 56.2 Å². The summed E-state index contributed by atoms with van der Waals surface area (Å²) in [6.07, 6.45) is 9.00. The molecule has 0 radical (unpaired) electrons. The average molecular weight is 557 g/mol. The zero-order valence-corrected chi connectivity index (χ0v) is 23.9. The molecule has 0 N–H and O–H groups in total. The van der Waals surface area contributed by atoms with Crippen LogP contribution >= 0.6 is 0 Å². The minimum Gasteiger partial charge on any atom is -0.247 e. The zero-order valence-electron chi connectivity index (χ0n) is 23.9. The lowest BCUT2D eigenvalue weighted by Gasteiger charge is -2.14. The van der Waals surface area contributed by atoms with Crippen LogP contribution in [0.4, 0.5) is 0 Å². The molecular weight excluding hydrogens is 516 g/mol. The van der Waals surface area contributed by atoms with Crippen LogP contribution in [0.3, 0.4) is 0 Å². The van der Waals surface area contributed by atoms with Gasteiger partial charge in [0.25, 0.3) is 0 Å². The third-order valence-electron chi connectivity index (χ3n) is 6.19. The number of rotatable bonds is 15. The van der Waals surface area contributed by atoms with Crippen molar-refractivity contribution < 1.29 is 0 Å². The van der Waals surface area contributed by atoms with E-state index in [1.54, 1.807) is 32.1 Å². The van der Waals surface area contributed by atoms with Crippen LogP contribution in [0.2, 0.25) is 0 Å². The quantitative estimate of drug-likeness (QED) is 0.239. The van der Waals surface area contributed by atoms with Gasteiger partial charge in [-0.2, -0.15) is 0 Å². The van der Waals surface area contributed by atoms with Gasteiger partial charge in [0.1, 0.15) is 0 Å². The van der Waals surface area contributed by atoms with Crippen molar-refractivity contribution in [1.82, 2.24) is 27.4 Å². The molecule has 0 fully saturated rings. The summed E-state index contributed by atoms with van der Waals surface area (Å²) in [6.45, 7) is 14.9. The van der Waals surface area contributed by atoms with Crippen LogP contribution in [0.5, 0.6) is 0 Å². The van der Waals surface area contributed by atoms with E-state index in [0.717, 1.165) is 40.2 Å². The highest BCUT2D eigenvalue weighted by molar-refractivity contribution is 5.11. The molecule has 0 saturated carbocycles. The van der Waals surface area contributed by atoms with Crippen LogP contribution in [0, 0.1) is 0 Å². The lowest BCUT2D eigenvalue weighted by atomic mass is 10.2. The third-order valence-corrected chi connectivity index (χ3v) is 6.19. The predicted molar refractivity (Wildman–Crippen MR) is 156 cm³/mol. The van der Waals surface area contributed by atoms with Crippen molar-refractivity contribution in [1.29, 1.82) is 0 Å². The van der Waals surface area contributed by atoms with Gasteiger partial charge in [-0.15, -0.1) is 6.58 Å². The van der Waals surface area contributed by atoms with Crippen LogP contribution in [0.25, 0.3) is 0 Å². The molecule has 12 nitrogen and oxygen atoms in total. The second-order valence-electron chi connectivity index (χ2n) is 9.79. The van der Waals surface area contributed by atoms with Gasteiger partial charge >= 0.3 is 34.1 Å². The van der Waals surface area contributed by atoms with E-state index < -0.39 is 34.1 Å². The van der Waals surface area contributed by atoms with Crippen LogP contribution in [0.15, 0.2) is 77.4 Å². The van der Waals surface area contributed by atoms with Crippen molar-refractivity contribution >= 4 is 0 Å². The standard InChI is InChI=1S/C28H40N6O6/c1-7-10-16-30-23(35)29(15-9-3)24(36)32(25(30)37)18-13-12-14-22(6)20-34-27(39)31(17-11-8-2)26(38)33(28(34)40)19-21(4)5/h9,12-14H,3-4,7-8,10-11,15-20H2,1-2,5-6H3/b13-12+,22-14+. The number of nitrogens with zero attached hydrogens (tertiary/aromatic N) is 6. The van der Waals surface area contributed by atoms with Crippen LogP contribution in [-0.4, -0.2) is 27.4 Å². The van der Waals surface area contributed by atoms with E-state index in [0.29, 0.717) is 24.0 Å². The summed E-state index contributed by atoms with van der Waals surface area (Å²) in [5.74, 6) is 0. The highest BCUT2D eigenvalue weighted by Gasteiger charge is 2.16. The van der Waals surface area contributed by atoms with Crippen LogP contribution in [-0.2, 0) is 39.3 Å². The Bertz CT molecular complexity index is 1650. The Morgan fingerprint density at radius 1 is 0.650 bits per heavy atom. The fraction of sp³-hybridized carbons (Fsp3) is 0.500. The zero-order chi connectivity index (χ0) is 30.0. The molecule has 0 unspecified atom stereocenters. The van der Waals surface area contributed by atoms with E-state index >= 15 is 0 Å². The minimum atomic E-state index is -0.730. The van der Waals surface area contributed by atoms with Crippen molar-refractivity contribution in [2.75, 3.05) is 0 Å². The molecule has 0 saturated heterocycles. The Morgan fingerprint density at radius 3 is 1.55 bits per heavy atom. The third kappa shape index (κ3) is 7.45. The first kappa shape index (κ1) is 32.0. The largest absolute Gasteiger partial charge is 0.336 e. The van der Waals surface area contributed by atoms with E-state index in [4.69, 9.17) is 0 Å². The maximum Gasteiger partial charge on any atom is 0.336 e. The van der Waals surface area contributed by atoms with Gasteiger partial charge in [-0.1, -0.05) is 68.7 Å². The monoisotopic (exact) mass is 556 g/mol. The van der Waals surface area contributed by atoms with E-state index in [1.165, 1.54) is 6.08 Å². The Kier molecular flexibility index (Phi) is 11.8. The van der Waals surface area contributed by atoms with Gasteiger partial charge in [-0.05, 0) is 26.7 Å². The molecule has 2 aromatic heterocycles. The number of allylic oxidation sites excluding steroid dienone is 6. The number of aromatic nitrogens is 6. The normalized spacial score (nSPS) is 11.8. The van der Waals surface area contributed by atoms with Crippen molar-refractivity contribution in [2.24, 2.45) is 0 Å². The van der Waals surface area contributed by atoms with Crippen LogP contribution < -0.4 is 34.1 Å². The number of hydrogen-bond donors (Lipinski definition) is 0. The molecule has 0 spiro atoms. The molecular formula is C28H40N6O6. The second-order valence-corrected chi connectivity index (χ2v) is 9.79. The summed E-state index contributed by atoms with van der Waals surface area (Å²) in [4.78, 5) is 77.2. The molecule has 0 aliphatic heterocycles. The molecule has 0 aromatic carbocycles. The van der Waals surface area contributed by atoms with Crippen molar-refractivity contribution in [2.45, 2.75) is 92.6 Å². The van der Waals surface area contributed by atoms with E-state index in [-0.39, 0.29) is 39.3 Å². The molecule has 218 valence electrons. The van der Waals surface area contributed by atoms with Gasteiger partial charge in [0.15, 0.2) is 0 Å². The number of hydrogen-bond acceptors (Lipinski definition) is 6. The number of unbranched alkanes of at least 4 members (excludes halogenated alkanes) is 2. The first-order valence-corrected chi connectivity index (χ1v) is 13.5. The molecule has 2 aromatic rings. The lowest BCUT2D eigenvalue weighted by Crippen LogP contribution is -2.54. The lowest BCUT2D eigenvalue weighted by molar-refractivity contribution is 0.460. The SMILES string of the molecule is C=CCn1c(=O)n(C/C=C/C=C(\C)Cn2c(=O)n(CCCC)c(=O)n(CC(=C)C)c2=O)c(=O)n(CCCC)c1=O. The molecule has 0 amide bonds. The highest BCUT2D eigenvalue weighted by Crippen LogP contribution is 1.97. The van der Waals surface area contributed by atoms with Gasteiger partial charge < -0.3 is 0 Å². The Morgan fingerprint density at radius 2 is 1.07 bits per heavy atom. The summed E-state index contributed by atoms with van der Waals surface area (Å²) in [6, 6.07) is 0. The molecule has 0 aliphatic rings. The Hall–Kier alpha value is -4.22. The van der Waals surface area contributed by atoms with E-state index in [2.05, 4.69) is 13.2 Å². The molecule has 2 rings (SSSR count). The molecule has 0 atom stereocenters. The van der Waals surface area contributed by atoms with Gasteiger partial charge in [0.05, 0.1) is 26.2 Å². The summed E-state index contributed by atoms with van der Waals surface area (Å²) < 4.78 is 6.10. The minimum absolute atomic E-state index is 0.00523. The van der Waals surface area contributed by atoms with Gasteiger partial charge in [-0.3, -0.25) is 0 Å². The smallest absolute Gasteiger partial charge is 0.247 e. The second kappa shape index (κ2) is 14.8. The van der Waals surface area contributed by atoms with Gasteiger partial charge in [0, 0.05) is 13.1 Å².